The SMILES string of the molecule is CC1(C)COC(C)(C)C1CCCc1ccccc1Br. The number of hydrogen-bond acceptors (Lipinski definition) is 1. The van der Waals surface area contributed by atoms with E-state index in [1.54, 1.807) is 0 Å². The summed E-state index contributed by atoms with van der Waals surface area (Å²) in [5.74, 6) is 0.641. The van der Waals surface area contributed by atoms with Gasteiger partial charge in [-0.3, -0.25) is 0 Å². The number of aryl methyl sites for hydroxylation is 1. The first-order valence-corrected chi connectivity index (χ1v) is 7.99. The Balaban J connectivity index is 1.94. The Labute approximate surface area is 125 Å². The lowest BCUT2D eigenvalue weighted by atomic mass is 9.71. The predicted octanol–water partition coefficient (Wildman–Crippen LogP) is 5.22. The maximum Gasteiger partial charge on any atom is 0.0660 e. The first-order chi connectivity index (χ1) is 8.83. The van der Waals surface area contributed by atoms with Crippen LogP contribution in [-0.4, -0.2) is 12.2 Å². The fourth-order valence-corrected chi connectivity index (χ4v) is 3.93. The molecule has 1 saturated heterocycles. The van der Waals surface area contributed by atoms with Crippen molar-refractivity contribution in [2.45, 2.75) is 52.6 Å². The van der Waals surface area contributed by atoms with Crippen LogP contribution in [0.3, 0.4) is 0 Å². The third kappa shape index (κ3) is 3.41. The minimum Gasteiger partial charge on any atom is -0.375 e. The van der Waals surface area contributed by atoms with Gasteiger partial charge < -0.3 is 4.74 Å². The molecule has 1 fully saturated rings. The molecule has 1 aromatic carbocycles. The van der Waals surface area contributed by atoms with E-state index in [0.717, 1.165) is 13.0 Å². The first kappa shape index (κ1) is 15.1. The molecular weight excluding hydrogens is 300 g/mol. The molecule has 0 spiro atoms. The van der Waals surface area contributed by atoms with Gasteiger partial charge in [-0.1, -0.05) is 48.0 Å². The molecule has 2 heteroatoms. The van der Waals surface area contributed by atoms with E-state index in [0.29, 0.717) is 11.3 Å². The largest absolute Gasteiger partial charge is 0.375 e. The fraction of sp³-hybridized carbons (Fsp3) is 0.647. The van der Waals surface area contributed by atoms with E-state index in [1.807, 2.05) is 0 Å². The lowest BCUT2D eigenvalue weighted by molar-refractivity contribution is 0.00883. The van der Waals surface area contributed by atoms with Crippen LogP contribution in [0.25, 0.3) is 0 Å². The van der Waals surface area contributed by atoms with Crippen molar-refractivity contribution in [1.82, 2.24) is 0 Å². The van der Waals surface area contributed by atoms with Gasteiger partial charge in [0, 0.05) is 4.47 Å². The van der Waals surface area contributed by atoms with Gasteiger partial charge in [-0.2, -0.15) is 0 Å². The minimum atomic E-state index is 0.0252. The molecule has 1 unspecified atom stereocenters. The molecule has 1 atom stereocenters. The molecule has 2 rings (SSSR count). The molecule has 106 valence electrons. The molecule has 1 heterocycles. The number of rotatable bonds is 4. The monoisotopic (exact) mass is 324 g/mol. The van der Waals surface area contributed by atoms with Crippen LogP contribution in [0.5, 0.6) is 0 Å². The van der Waals surface area contributed by atoms with Crippen molar-refractivity contribution in [2.24, 2.45) is 11.3 Å². The third-order valence-electron chi connectivity index (χ3n) is 4.50. The molecule has 1 aromatic rings. The number of ether oxygens (including phenoxy) is 1. The molecule has 19 heavy (non-hydrogen) atoms. The van der Waals surface area contributed by atoms with E-state index in [9.17, 15) is 0 Å². The molecule has 1 nitrogen and oxygen atoms in total. The van der Waals surface area contributed by atoms with E-state index in [4.69, 9.17) is 4.74 Å². The van der Waals surface area contributed by atoms with Gasteiger partial charge in [0.2, 0.25) is 0 Å². The Morgan fingerprint density at radius 3 is 2.47 bits per heavy atom. The van der Waals surface area contributed by atoms with Crippen LogP contribution in [-0.2, 0) is 11.2 Å². The van der Waals surface area contributed by atoms with Gasteiger partial charge in [0.25, 0.3) is 0 Å². The zero-order valence-corrected chi connectivity index (χ0v) is 14.1. The third-order valence-corrected chi connectivity index (χ3v) is 5.27. The van der Waals surface area contributed by atoms with Gasteiger partial charge in [-0.25, -0.2) is 0 Å². The zero-order chi connectivity index (χ0) is 14.1. The molecule has 0 radical (unpaired) electrons. The molecule has 0 N–H and O–H groups in total. The van der Waals surface area contributed by atoms with Gasteiger partial charge in [0.1, 0.15) is 0 Å². The van der Waals surface area contributed by atoms with Gasteiger partial charge in [-0.05, 0) is 56.1 Å². The molecular formula is C17H25BrO. The summed E-state index contributed by atoms with van der Waals surface area (Å²) >= 11 is 3.63. The van der Waals surface area contributed by atoms with Crippen LogP contribution >= 0.6 is 15.9 Å². The zero-order valence-electron chi connectivity index (χ0n) is 12.5. The normalized spacial score (nSPS) is 24.6. The van der Waals surface area contributed by atoms with E-state index >= 15 is 0 Å². The van der Waals surface area contributed by atoms with E-state index < -0.39 is 0 Å². The van der Waals surface area contributed by atoms with E-state index in [-0.39, 0.29) is 5.60 Å². The summed E-state index contributed by atoms with van der Waals surface area (Å²) in [5.41, 5.74) is 1.74. The van der Waals surface area contributed by atoms with Gasteiger partial charge >= 0.3 is 0 Å². The van der Waals surface area contributed by atoms with Crippen LogP contribution in [0.2, 0.25) is 0 Å². The highest BCUT2D eigenvalue weighted by Crippen LogP contribution is 2.47. The predicted molar refractivity (Wildman–Crippen MR) is 84.4 cm³/mol. The Kier molecular flexibility index (Phi) is 4.42. The second-order valence-corrected chi connectivity index (χ2v) is 7.77. The molecule has 1 aliphatic heterocycles. The quantitative estimate of drug-likeness (QED) is 0.737. The Bertz CT molecular complexity index is 421. The van der Waals surface area contributed by atoms with Crippen LogP contribution in [0, 0.1) is 11.3 Å². The van der Waals surface area contributed by atoms with Crippen molar-refractivity contribution >= 4 is 15.9 Å². The van der Waals surface area contributed by atoms with Crippen LogP contribution < -0.4 is 0 Å². The van der Waals surface area contributed by atoms with Crippen molar-refractivity contribution in [2.75, 3.05) is 6.61 Å². The summed E-state index contributed by atoms with van der Waals surface area (Å²) in [6.07, 6.45) is 3.61. The summed E-state index contributed by atoms with van der Waals surface area (Å²) in [6, 6.07) is 8.53. The smallest absolute Gasteiger partial charge is 0.0660 e. The number of halogens is 1. The molecule has 0 bridgehead atoms. The Morgan fingerprint density at radius 1 is 1.21 bits per heavy atom. The molecule has 0 aliphatic carbocycles. The van der Waals surface area contributed by atoms with Crippen molar-refractivity contribution in [3.05, 3.63) is 34.3 Å². The Hall–Kier alpha value is -0.340. The second kappa shape index (κ2) is 5.57. The maximum atomic E-state index is 5.99. The van der Waals surface area contributed by atoms with Crippen molar-refractivity contribution in [3.63, 3.8) is 0 Å². The molecule has 0 aromatic heterocycles. The lowest BCUT2D eigenvalue weighted by Crippen LogP contribution is -2.33. The average Bonchev–Trinajstić information content (AvgIpc) is 2.54. The maximum absolute atomic E-state index is 5.99. The lowest BCUT2D eigenvalue weighted by Gasteiger charge is -2.33. The van der Waals surface area contributed by atoms with Crippen LogP contribution in [0.1, 0.15) is 46.1 Å². The summed E-state index contributed by atoms with van der Waals surface area (Å²) in [4.78, 5) is 0. The summed E-state index contributed by atoms with van der Waals surface area (Å²) in [5, 5.41) is 0. The summed E-state index contributed by atoms with van der Waals surface area (Å²) < 4.78 is 7.22. The standard InChI is InChI=1S/C17H25BrO/c1-16(2)12-19-17(3,4)15(16)11-7-9-13-8-5-6-10-14(13)18/h5-6,8,10,15H,7,9,11-12H2,1-4H3. The highest BCUT2D eigenvalue weighted by Gasteiger charge is 2.47. The van der Waals surface area contributed by atoms with E-state index in [2.05, 4.69) is 67.9 Å². The Morgan fingerprint density at radius 2 is 1.89 bits per heavy atom. The van der Waals surface area contributed by atoms with Crippen molar-refractivity contribution in [1.29, 1.82) is 0 Å². The van der Waals surface area contributed by atoms with E-state index in [1.165, 1.54) is 22.9 Å². The highest BCUT2D eigenvalue weighted by atomic mass is 79.9. The molecule has 1 aliphatic rings. The summed E-state index contributed by atoms with van der Waals surface area (Å²) in [6.45, 7) is 10.0. The first-order valence-electron chi connectivity index (χ1n) is 7.20. The van der Waals surface area contributed by atoms with Crippen LogP contribution in [0.15, 0.2) is 28.7 Å². The molecule has 0 saturated carbocycles. The highest BCUT2D eigenvalue weighted by molar-refractivity contribution is 9.10. The average molecular weight is 325 g/mol. The second-order valence-electron chi connectivity index (χ2n) is 6.92. The van der Waals surface area contributed by atoms with Gasteiger partial charge in [0.05, 0.1) is 12.2 Å². The van der Waals surface area contributed by atoms with Gasteiger partial charge in [0.15, 0.2) is 0 Å². The van der Waals surface area contributed by atoms with Gasteiger partial charge in [-0.15, -0.1) is 0 Å². The molecule has 0 amide bonds. The number of hydrogen-bond donors (Lipinski definition) is 0. The number of benzene rings is 1. The van der Waals surface area contributed by atoms with Crippen molar-refractivity contribution < 1.29 is 4.74 Å². The summed E-state index contributed by atoms with van der Waals surface area (Å²) in [7, 11) is 0. The topological polar surface area (TPSA) is 9.23 Å². The fourth-order valence-electron chi connectivity index (χ4n) is 3.45. The van der Waals surface area contributed by atoms with Crippen molar-refractivity contribution in [3.8, 4) is 0 Å². The van der Waals surface area contributed by atoms with Crippen LogP contribution in [0.4, 0.5) is 0 Å². The minimum absolute atomic E-state index is 0.0252.